The van der Waals surface area contributed by atoms with Gasteiger partial charge in [0, 0.05) is 5.69 Å². The van der Waals surface area contributed by atoms with E-state index in [-0.39, 0.29) is 5.56 Å². The van der Waals surface area contributed by atoms with Gasteiger partial charge in [0.15, 0.2) is 0 Å². The number of hydrogen-bond acceptors (Lipinski definition) is 5. The molecule has 0 atom stereocenters. The molecule has 1 aromatic rings. The van der Waals surface area contributed by atoms with Crippen molar-refractivity contribution < 1.29 is 9.53 Å². The van der Waals surface area contributed by atoms with E-state index in [1.165, 1.54) is 14.0 Å². The number of carbonyl (C=O) groups excluding carboxylic acids is 1. The van der Waals surface area contributed by atoms with Gasteiger partial charge < -0.3 is 9.72 Å². The molecule has 1 amide bonds. The van der Waals surface area contributed by atoms with Crippen LogP contribution >= 0.6 is 0 Å². The number of aryl methyl sites for hydroxylation is 1. The standard InChI is InChI=1S/C8H10N4O4/c1-4-5(3-9-12-8(15)16-2)6(13)11-7(14)10-4/h3H,1-2H3,(H,12,15)(H2,10,11,13,14)/b9-3+. The Bertz CT molecular complexity index is 528. The SMILES string of the molecule is COC(=O)N/N=C/c1c(C)[nH]c(=O)[nH]c1=O. The van der Waals surface area contributed by atoms with Gasteiger partial charge in [0.2, 0.25) is 0 Å². The lowest BCUT2D eigenvalue weighted by atomic mass is 10.2. The third kappa shape index (κ3) is 2.80. The Kier molecular flexibility index (Phi) is 3.59. The van der Waals surface area contributed by atoms with Crippen molar-refractivity contribution in [2.75, 3.05) is 7.11 Å². The minimum atomic E-state index is -0.755. The van der Waals surface area contributed by atoms with Gasteiger partial charge in [0.25, 0.3) is 5.56 Å². The number of carbonyl (C=O) groups is 1. The first kappa shape index (κ1) is 11.7. The van der Waals surface area contributed by atoms with E-state index in [1.807, 2.05) is 10.4 Å². The number of aromatic nitrogens is 2. The third-order valence-corrected chi connectivity index (χ3v) is 1.71. The largest absolute Gasteiger partial charge is 0.452 e. The molecule has 0 aliphatic carbocycles. The summed E-state index contributed by atoms with van der Waals surface area (Å²) in [6.07, 6.45) is 0.357. The van der Waals surface area contributed by atoms with Gasteiger partial charge in [-0.05, 0) is 6.92 Å². The highest BCUT2D eigenvalue weighted by molar-refractivity contribution is 5.81. The summed E-state index contributed by atoms with van der Waals surface area (Å²) >= 11 is 0. The van der Waals surface area contributed by atoms with Crippen molar-refractivity contribution in [2.24, 2.45) is 5.10 Å². The summed E-state index contributed by atoms with van der Waals surface area (Å²) in [5.74, 6) is 0. The maximum atomic E-state index is 11.3. The summed E-state index contributed by atoms with van der Waals surface area (Å²) in [5, 5.41) is 3.47. The first-order chi connectivity index (χ1) is 7.54. The topological polar surface area (TPSA) is 116 Å². The van der Waals surface area contributed by atoms with Crippen LogP contribution in [0, 0.1) is 6.92 Å². The molecule has 16 heavy (non-hydrogen) atoms. The maximum Gasteiger partial charge on any atom is 0.427 e. The van der Waals surface area contributed by atoms with E-state index in [1.54, 1.807) is 0 Å². The highest BCUT2D eigenvalue weighted by Crippen LogP contribution is 1.89. The van der Waals surface area contributed by atoms with Crippen molar-refractivity contribution in [1.82, 2.24) is 15.4 Å². The van der Waals surface area contributed by atoms with Crippen molar-refractivity contribution >= 4 is 12.3 Å². The molecule has 0 saturated heterocycles. The van der Waals surface area contributed by atoms with Gasteiger partial charge in [0.05, 0.1) is 18.9 Å². The lowest BCUT2D eigenvalue weighted by Crippen LogP contribution is -2.27. The molecule has 1 rings (SSSR count). The summed E-state index contributed by atoms with van der Waals surface area (Å²) in [6.45, 7) is 1.54. The molecule has 8 heteroatoms. The predicted octanol–water partition coefficient (Wildman–Crippen LogP) is -0.938. The first-order valence-electron chi connectivity index (χ1n) is 4.25. The number of hydrazone groups is 1. The van der Waals surface area contributed by atoms with Crippen LogP contribution < -0.4 is 16.7 Å². The quantitative estimate of drug-likeness (QED) is 0.445. The molecule has 0 saturated carbocycles. The van der Waals surface area contributed by atoms with E-state index in [0.717, 1.165) is 6.21 Å². The zero-order valence-electron chi connectivity index (χ0n) is 8.66. The van der Waals surface area contributed by atoms with Crippen LogP contribution in [0.5, 0.6) is 0 Å². The highest BCUT2D eigenvalue weighted by Gasteiger charge is 2.02. The monoisotopic (exact) mass is 226 g/mol. The number of methoxy groups -OCH3 is 1. The molecule has 1 heterocycles. The van der Waals surface area contributed by atoms with Gasteiger partial charge in [-0.2, -0.15) is 5.10 Å². The zero-order valence-corrected chi connectivity index (χ0v) is 8.66. The van der Waals surface area contributed by atoms with Gasteiger partial charge >= 0.3 is 11.8 Å². The fourth-order valence-corrected chi connectivity index (χ4v) is 0.960. The molecule has 0 spiro atoms. The average molecular weight is 226 g/mol. The van der Waals surface area contributed by atoms with E-state index in [9.17, 15) is 14.4 Å². The molecule has 0 unspecified atom stereocenters. The lowest BCUT2D eigenvalue weighted by Gasteiger charge is -1.98. The molecule has 0 radical (unpaired) electrons. The summed E-state index contributed by atoms with van der Waals surface area (Å²) in [6, 6.07) is 0. The van der Waals surface area contributed by atoms with Crippen LogP contribution in [0.1, 0.15) is 11.3 Å². The molecule has 0 aromatic carbocycles. The van der Waals surface area contributed by atoms with Crippen LogP contribution in [-0.2, 0) is 4.74 Å². The number of hydrogen-bond donors (Lipinski definition) is 3. The van der Waals surface area contributed by atoms with Gasteiger partial charge in [-0.15, -0.1) is 0 Å². The summed E-state index contributed by atoms with van der Waals surface area (Å²) in [4.78, 5) is 37.2. The predicted molar refractivity (Wildman–Crippen MR) is 55.6 cm³/mol. The fraction of sp³-hybridized carbons (Fsp3) is 0.250. The van der Waals surface area contributed by atoms with Gasteiger partial charge in [0.1, 0.15) is 0 Å². The summed E-state index contributed by atoms with van der Waals surface area (Å²) < 4.78 is 4.26. The number of aromatic amines is 2. The molecular formula is C8H10N4O4. The number of rotatable bonds is 2. The second kappa shape index (κ2) is 4.91. The van der Waals surface area contributed by atoms with Crippen molar-refractivity contribution in [3.05, 3.63) is 32.1 Å². The highest BCUT2D eigenvalue weighted by atomic mass is 16.5. The number of nitrogens with one attached hydrogen (secondary N) is 3. The van der Waals surface area contributed by atoms with Crippen molar-refractivity contribution in [3.63, 3.8) is 0 Å². The smallest absolute Gasteiger partial charge is 0.427 e. The van der Waals surface area contributed by atoms with Crippen LogP contribution in [0.2, 0.25) is 0 Å². The number of nitrogens with zero attached hydrogens (tertiary/aromatic N) is 1. The van der Waals surface area contributed by atoms with E-state index >= 15 is 0 Å². The van der Waals surface area contributed by atoms with E-state index < -0.39 is 17.3 Å². The van der Waals surface area contributed by atoms with Gasteiger partial charge in [-0.3, -0.25) is 9.78 Å². The van der Waals surface area contributed by atoms with Gasteiger partial charge in [-0.1, -0.05) is 0 Å². The zero-order chi connectivity index (χ0) is 12.1. The van der Waals surface area contributed by atoms with Crippen molar-refractivity contribution in [2.45, 2.75) is 6.92 Å². The van der Waals surface area contributed by atoms with E-state index in [4.69, 9.17) is 0 Å². The summed E-state index contributed by atoms with van der Waals surface area (Å²) in [5.41, 5.74) is 1.33. The Morgan fingerprint density at radius 2 is 2.12 bits per heavy atom. The normalized spacial score (nSPS) is 10.4. The minimum absolute atomic E-state index is 0.149. The number of ether oxygens (including phenoxy) is 1. The van der Waals surface area contributed by atoms with E-state index in [0.29, 0.717) is 5.69 Å². The number of H-pyrrole nitrogens is 2. The summed E-state index contributed by atoms with van der Waals surface area (Å²) in [7, 11) is 1.18. The molecule has 86 valence electrons. The fourth-order valence-electron chi connectivity index (χ4n) is 0.960. The van der Waals surface area contributed by atoms with Crippen molar-refractivity contribution in [1.29, 1.82) is 0 Å². The lowest BCUT2D eigenvalue weighted by molar-refractivity contribution is 0.171. The van der Waals surface area contributed by atoms with Crippen LogP contribution in [-0.4, -0.2) is 29.4 Å². The van der Waals surface area contributed by atoms with Crippen LogP contribution in [0.15, 0.2) is 14.7 Å². The maximum absolute atomic E-state index is 11.3. The van der Waals surface area contributed by atoms with Crippen molar-refractivity contribution in [3.8, 4) is 0 Å². The average Bonchev–Trinajstić information content (AvgIpc) is 2.21. The number of amides is 1. The molecule has 1 aromatic heterocycles. The molecule has 0 bridgehead atoms. The Morgan fingerprint density at radius 1 is 1.44 bits per heavy atom. The molecule has 3 N–H and O–H groups in total. The Morgan fingerprint density at radius 3 is 2.69 bits per heavy atom. The Balaban J connectivity index is 2.94. The van der Waals surface area contributed by atoms with E-state index in [2.05, 4.69) is 14.8 Å². The molecule has 0 aliphatic heterocycles. The second-order valence-corrected chi connectivity index (χ2v) is 2.81. The van der Waals surface area contributed by atoms with Gasteiger partial charge in [-0.25, -0.2) is 15.0 Å². The molecule has 8 nitrogen and oxygen atoms in total. The second-order valence-electron chi connectivity index (χ2n) is 2.81. The molecule has 0 fully saturated rings. The third-order valence-electron chi connectivity index (χ3n) is 1.71. The minimum Gasteiger partial charge on any atom is -0.452 e. The Labute approximate surface area is 89.3 Å². The Hall–Kier alpha value is -2.38. The van der Waals surface area contributed by atoms with Crippen LogP contribution in [0.25, 0.3) is 0 Å². The molecular weight excluding hydrogens is 216 g/mol. The van der Waals surface area contributed by atoms with Crippen LogP contribution in [0.3, 0.4) is 0 Å². The van der Waals surface area contributed by atoms with Crippen LogP contribution in [0.4, 0.5) is 4.79 Å². The molecule has 0 aliphatic rings. The first-order valence-corrected chi connectivity index (χ1v) is 4.25.